The van der Waals surface area contributed by atoms with Crippen LogP contribution in [0.4, 0.5) is 0 Å². The second-order valence-electron chi connectivity index (χ2n) is 5.96. The maximum Gasteiger partial charge on any atom is 0.140 e. The van der Waals surface area contributed by atoms with Gasteiger partial charge in [0.15, 0.2) is 0 Å². The molecule has 2 heteroatoms. The van der Waals surface area contributed by atoms with Gasteiger partial charge in [0.25, 0.3) is 0 Å². The summed E-state index contributed by atoms with van der Waals surface area (Å²) in [5, 5.41) is 0. The zero-order valence-corrected chi connectivity index (χ0v) is 11.0. The number of hydrogen-bond acceptors (Lipinski definition) is 2. The first kappa shape index (κ1) is 13.4. The van der Waals surface area contributed by atoms with E-state index in [-0.39, 0.29) is 18.0 Å². The standard InChI is InChI=1S/C14H24O2/c1-9(2)5-12(15)8-13(16)6-11-7-14(11)10(3)4/h9-11,14H,5-8H2,1-4H3. The van der Waals surface area contributed by atoms with Gasteiger partial charge in [-0.3, -0.25) is 9.59 Å². The molecule has 1 saturated carbocycles. The lowest BCUT2D eigenvalue weighted by molar-refractivity contribution is -0.127. The first-order chi connectivity index (χ1) is 7.40. The van der Waals surface area contributed by atoms with Crippen LogP contribution in [0.1, 0.15) is 53.4 Å². The molecule has 0 saturated heterocycles. The van der Waals surface area contributed by atoms with Gasteiger partial charge in [-0.2, -0.15) is 0 Å². The molecular weight excluding hydrogens is 200 g/mol. The smallest absolute Gasteiger partial charge is 0.140 e. The summed E-state index contributed by atoms with van der Waals surface area (Å²) >= 11 is 0. The van der Waals surface area contributed by atoms with E-state index in [0.29, 0.717) is 30.6 Å². The molecule has 0 bridgehead atoms. The molecule has 2 nitrogen and oxygen atoms in total. The van der Waals surface area contributed by atoms with Crippen molar-refractivity contribution in [1.29, 1.82) is 0 Å². The SMILES string of the molecule is CC(C)CC(=O)CC(=O)CC1CC1C(C)C. The highest BCUT2D eigenvalue weighted by atomic mass is 16.1. The number of Topliss-reactive ketones (excluding diaryl/α,β-unsaturated/α-hetero) is 2. The molecule has 0 N–H and O–H groups in total. The van der Waals surface area contributed by atoms with Crippen LogP contribution >= 0.6 is 0 Å². The third kappa shape index (κ3) is 4.46. The molecule has 1 rings (SSSR count). The van der Waals surface area contributed by atoms with Gasteiger partial charge in [0.2, 0.25) is 0 Å². The van der Waals surface area contributed by atoms with Crippen molar-refractivity contribution in [3.63, 3.8) is 0 Å². The quantitative estimate of drug-likeness (QED) is 0.622. The van der Waals surface area contributed by atoms with Crippen molar-refractivity contribution < 1.29 is 9.59 Å². The van der Waals surface area contributed by atoms with Gasteiger partial charge in [-0.1, -0.05) is 27.7 Å². The van der Waals surface area contributed by atoms with Gasteiger partial charge in [-0.15, -0.1) is 0 Å². The second-order valence-corrected chi connectivity index (χ2v) is 5.96. The van der Waals surface area contributed by atoms with Crippen LogP contribution in [-0.4, -0.2) is 11.6 Å². The van der Waals surface area contributed by atoms with Crippen molar-refractivity contribution in [3.8, 4) is 0 Å². The van der Waals surface area contributed by atoms with Crippen molar-refractivity contribution in [2.45, 2.75) is 53.4 Å². The Labute approximate surface area is 98.8 Å². The highest BCUT2D eigenvalue weighted by molar-refractivity contribution is 5.99. The molecule has 1 aliphatic rings. The van der Waals surface area contributed by atoms with Crippen LogP contribution in [0.25, 0.3) is 0 Å². The van der Waals surface area contributed by atoms with E-state index in [1.165, 1.54) is 6.42 Å². The summed E-state index contributed by atoms with van der Waals surface area (Å²) in [6, 6.07) is 0. The van der Waals surface area contributed by atoms with Gasteiger partial charge in [0.05, 0.1) is 6.42 Å². The molecular formula is C14H24O2. The van der Waals surface area contributed by atoms with Crippen LogP contribution in [0.3, 0.4) is 0 Å². The molecule has 0 aromatic rings. The summed E-state index contributed by atoms with van der Waals surface area (Å²) in [5.74, 6) is 2.61. The zero-order chi connectivity index (χ0) is 12.3. The summed E-state index contributed by atoms with van der Waals surface area (Å²) in [5.41, 5.74) is 0. The largest absolute Gasteiger partial charge is 0.299 e. The summed E-state index contributed by atoms with van der Waals surface area (Å²) in [6.07, 6.45) is 2.53. The first-order valence-electron chi connectivity index (χ1n) is 6.43. The minimum atomic E-state index is 0.113. The van der Waals surface area contributed by atoms with Crippen molar-refractivity contribution in [1.82, 2.24) is 0 Å². The Morgan fingerprint density at radius 1 is 1.12 bits per heavy atom. The average molecular weight is 224 g/mol. The Hall–Kier alpha value is -0.660. The van der Waals surface area contributed by atoms with Crippen molar-refractivity contribution in [2.24, 2.45) is 23.7 Å². The number of carbonyl (C=O) groups is 2. The molecule has 92 valence electrons. The molecule has 1 fully saturated rings. The molecule has 0 aromatic heterocycles. The van der Waals surface area contributed by atoms with E-state index < -0.39 is 0 Å². The predicted molar refractivity (Wildman–Crippen MR) is 65.1 cm³/mol. The Morgan fingerprint density at radius 2 is 1.75 bits per heavy atom. The fourth-order valence-corrected chi connectivity index (χ4v) is 2.43. The highest BCUT2D eigenvalue weighted by Gasteiger charge is 2.40. The monoisotopic (exact) mass is 224 g/mol. The number of ketones is 2. The Balaban J connectivity index is 2.20. The molecule has 2 unspecified atom stereocenters. The molecule has 0 radical (unpaired) electrons. The minimum absolute atomic E-state index is 0.113. The molecule has 16 heavy (non-hydrogen) atoms. The normalized spacial score (nSPS) is 23.9. The zero-order valence-electron chi connectivity index (χ0n) is 11.0. The molecule has 1 aliphatic carbocycles. The topological polar surface area (TPSA) is 34.1 Å². The Morgan fingerprint density at radius 3 is 2.19 bits per heavy atom. The summed E-state index contributed by atoms with van der Waals surface area (Å²) in [6.45, 7) is 8.44. The van der Waals surface area contributed by atoms with Crippen LogP contribution in [0.15, 0.2) is 0 Å². The van der Waals surface area contributed by atoms with Gasteiger partial charge in [0.1, 0.15) is 11.6 Å². The van der Waals surface area contributed by atoms with Crippen LogP contribution < -0.4 is 0 Å². The van der Waals surface area contributed by atoms with E-state index in [1.54, 1.807) is 0 Å². The van der Waals surface area contributed by atoms with E-state index in [4.69, 9.17) is 0 Å². The van der Waals surface area contributed by atoms with Gasteiger partial charge in [-0.25, -0.2) is 0 Å². The second kappa shape index (κ2) is 5.60. The molecule has 0 aliphatic heterocycles. The van der Waals surface area contributed by atoms with Gasteiger partial charge >= 0.3 is 0 Å². The van der Waals surface area contributed by atoms with E-state index in [1.807, 2.05) is 13.8 Å². The fraction of sp³-hybridized carbons (Fsp3) is 0.857. The van der Waals surface area contributed by atoms with Gasteiger partial charge < -0.3 is 0 Å². The third-order valence-electron chi connectivity index (χ3n) is 3.35. The molecule has 2 atom stereocenters. The maximum absolute atomic E-state index is 11.6. The van der Waals surface area contributed by atoms with E-state index in [2.05, 4.69) is 13.8 Å². The van der Waals surface area contributed by atoms with Crippen molar-refractivity contribution >= 4 is 11.6 Å². The van der Waals surface area contributed by atoms with E-state index in [9.17, 15) is 9.59 Å². The number of carbonyl (C=O) groups excluding carboxylic acids is 2. The van der Waals surface area contributed by atoms with Crippen LogP contribution in [0.2, 0.25) is 0 Å². The molecule has 0 aromatic carbocycles. The van der Waals surface area contributed by atoms with Crippen LogP contribution in [0.5, 0.6) is 0 Å². The van der Waals surface area contributed by atoms with Crippen molar-refractivity contribution in [3.05, 3.63) is 0 Å². The third-order valence-corrected chi connectivity index (χ3v) is 3.35. The van der Waals surface area contributed by atoms with E-state index >= 15 is 0 Å². The molecule has 0 heterocycles. The Bertz CT molecular complexity index is 266. The van der Waals surface area contributed by atoms with Crippen LogP contribution in [0, 0.1) is 23.7 Å². The maximum atomic E-state index is 11.6. The van der Waals surface area contributed by atoms with Gasteiger partial charge in [-0.05, 0) is 30.1 Å². The lowest BCUT2D eigenvalue weighted by atomic mass is 9.99. The Kier molecular flexibility index (Phi) is 4.69. The van der Waals surface area contributed by atoms with Crippen molar-refractivity contribution in [2.75, 3.05) is 0 Å². The first-order valence-corrected chi connectivity index (χ1v) is 6.43. The number of rotatable bonds is 7. The summed E-state index contributed by atoms with van der Waals surface area (Å²) in [7, 11) is 0. The summed E-state index contributed by atoms with van der Waals surface area (Å²) in [4.78, 5) is 23.1. The average Bonchev–Trinajstić information content (AvgIpc) is 2.80. The molecule has 0 spiro atoms. The van der Waals surface area contributed by atoms with Gasteiger partial charge in [0, 0.05) is 12.8 Å². The van der Waals surface area contributed by atoms with Crippen LogP contribution in [-0.2, 0) is 9.59 Å². The lowest BCUT2D eigenvalue weighted by Gasteiger charge is -2.04. The highest BCUT2D eigenvalue weighted by Crippen LogP contribution is 2.46. The number of hydrogen-bond donors (Lipinski definition) is 0. The molecule has 0 amide bonds. The predicted octanol–water partition coefficient (Wildman–Crippen LogP) is 3.24. The fourth-order valence-electron chi connectivity index (χ4n) is 2.43. The minimum Gasteiger partial charge on any atom is -0.299 e. The summed E-state index contributed by atoms with van der Waals surface area (Å²) < 4.78 is 0. The van der Waals surface area contributed by atoms with E-state index in [0.717, 1.165) is 5.92 Å². The lowest BCUT2D eigenvalue weighted by Crippen LogP contribution is -2.11.